The average Bonchev–Trinajstić information content (AvgIpc) is 2.65. The molecule has 1 aromatic carbocycles. The number of rotatable bonds is 4. The second-order valence-electron chi connectivity index (χ2n) is 4.39. The van der Waals surface area contributed by atoms with E-state index in [0.29, 0.717) is 0 Å². The Morgan fingerprint density at radius 2 is 2.28 bits per heavy atom. The fourth-order valence-electron chi connectivity index (χ4n) is 2.11. The van der Waals surface area contributed by atoms with Crippen molar-refractivity contribution in [3.8, 4) is 0 Å². The highest BCUT2D eigenvalue weighted by molar-refractivity contribution is 5.77. The number of hydrogen-bond donors (Lipinski definition) is 2. The van der Waals surface area contributed by atoms with Crippen molar-refractivity contribution in [3.05, 3.63) is 29.6 Å². The fraction of sp³-hybridized carbons (Fsp3) is 0.385. The molecule has 0 aliphatic rings. The van der Waals surface area contributed by atoms with Gasteiger partial charge in [-0.2, -0.15) is 0 Å². The topological polar surface area (TPSA) is 81.1 Å². The van der Waals surface area contributed by atoms with Crippen molar-refractivity contribution in [1.29, 1.82) is 0 Å². The predicted octanol–water partition coefficient (Wildman–Crippen LogP) is 1.61. The Morgan fingerprint density at radius 3 is 2.89 bits per heavy atom. The predicted molar refractivity (Wildman–Crippen MR) is 69.3 cm³/mol. The first-order chi connectivity index (χ1) is 8.52. The van der Waals surface area contributed by atoms with Gasteiger partial charge in [-0.15, -0.1) is 0 Å². The van der Waals surface area contributed by atoms with E-state index in [4.69, 9.17) is 10.8 Å². The number of fused-ring (bicyclic) bond motifs is 1. The summed E-state index contributed by atoms with van der Waals surface area (Å²) < 4.78 is 2.02. The molecule has 96 valence electrons. The molecule has 2 rings (SSSR count). The minimum atomic E-state index is -0.887. The summed E-state index contributed by atoms with van der Waals surface area (Å²) in [5.74, 6) is 0.121. The van der Waals surface area contributed by atoms with Gasteiger partial charge in [0, 0.05) is 19.5 Å². The quantitative estimate of drug-likeness (QED) is 0.860. The molecule has 0 aliphatic heterocycles. The number of benzene rings is 1. The average molecular weight is 247 g/mol. The smallest absolute Gasteiger partial charge is 0.305 e. The highest BCUT2D eigenvalue weighted by atomic mass is 16.4. The largest absolute Gasteiger partial charge is 0.481 e. The van der Waals surface area contributed by atoms with Crippen molar-refractivity contribution < 1.29 is 9.90 Å². The molecule has 2 aromatic rings. The van der Waals surface area contributed by atoms with Crippen molar-refractivity contribution in [1.82, 2.24) is 9.55 Å². The van der Waals surface area contributed by atoms with Gasteiger partial charge in [0.25, 0.3) is 0 Å². The molecule has 5 nitrogen and oxygen atoms in total. The molecular weight excluding hydrogens is 230 g/mol. The first-order valence-corrected chi connectivity index (χ1v) is 5.95. The molecular formula is C13H17N3O2. The first-order valence-electron chi connectivity index (χ1n) is 5.95. The van der Waals surface area contributed by atoms with E-state index >= 15 is 0 Å². The fourth-order valence-corrected chi connectivity index (χ4v) is 2.11. The van der Waals surface area contributed by atoms with Crippen molar-refractivity contribution in [3.63, 3.8) is 0 Å². The third kappa shape index (κ3) is 2.22. The number of imidazole rings is 1. The Morgan fingerprint density at radius 1 is 1.56 bits per heavy atom. The van der Waals surface area contributed by atoms with E-state index in [-0.39, 0.29) is 6.42 Å². The van der Waals surface area contributed by atoms with Crippen LogP contribution in [0.3, 0.4) is 0 Å². The molecule has 1 unspecified atom stereocenters. The van der Waals surface area contributed by atoms with E-state index < -0.39 is 12.0 Å². The van der Waals surface area contributed by atoms with Crippen LogP contribution in [0.25, 0.3) is 11.0 Å². The molecule has 0 fully saturated rings. The molecule has 1 aromatic heterocycles. The molecule has 0 saturated heterocycles. The molecule has 0 amide bonds. The van der Waals surface area contributed by atoms with Crippen LogP contribution in [0.1, 0.15) is 30.8 Å². The van der Waals surface area contributed by atoms with E-state index in [9.17, 15) is 4.79 Å². The lowest BCUT2D eigenvalue weighted by molar-refractivity contribution is -0.137. The number of nitrogens with zero attached hydrogens (tertiary/aromatic N) is 2. The van der Waals surface area contributed by atoms with Gasteiger partial charge in [0.15, 0.2) is 0 Å². The second-order valence-corrected chi connectivity index (χ2v) is 4.39. The van der Waals surface area contributed by atoms with Crippen LogP contribution in [0.15, 0.2) is 18.2 Å². The molecule has 0 aliphatic carbocycles. The summed E-state index contributed by atoms with van der Waals surface area (Å²) >= 11 is 0. The van der Waals surface area contributed by atoms with Gasteiger partial charge in [-0.3, -0.25) is 4.79 Å². The van der Waals surface area contributed by atoms with E-state index in [1.165, 1.54) is 0 Å². The lowest BCUT2D eigenvalue weighted by Crippen LogP contribution is -2.14. The zero-order valence-corrected chi connectivity index (χ0v) is 10.6. The van der Waals surface area contributed by atoms with Crippen LogP contribution in [0, 0.1) is 0 Å². The Balaban J connectivity index is 2.43. The number of carboxylic acid groups (broad SMARTS) is 1. The van der Waals surface area contributed by atoms with E-state index in [2.05, 4.69) is 11.9 Å². The summed E-state index contributed by atoms with van der Waals surface area (Å²) in [4.78, 5) is 15.2. The van der Waals surface area contributed by atoms with Gasteiger partial charge in [-0.1, -0.05) is 13.0 Å². The number of carboxylic acids is 1. The van der Waals surface area contributed by atoms with Crippen LogP contribution < -0.4 is 5.73 Å². The van der Waals surface area contributed by atoms with Gasteiger partial charge in [0.05, 0.1) is 17.5 Å². The molecule has 0 saturated carbocycles. The maximum absolute atomic E-state index is 10.7. The molecule has 0 radical (unpaired) electrons. The van der Waals surface area contributed by atoms with E-state index in [1.807, 2.05) is 29.8 Å². The molecule has 3 N–H and O–H groups in total. The van der Waals surface area contributed by atoms with Crippen LogP contribution in [0.2, 0.25) is 0 Å². The minimum Gasteiger partial charge on any atom is -0.481 e. The summed E-state index contributed by atoms with van der Waals surface area (Å²) in [7, 11) is 1.96. The van der Waals surface area contributed by atoms with E-state index in [1.54, 1.807) is 0 Å². The Labute approximate surface area is 105 Å². The summed E-state index contributed by atoms with van der Waals surface area (Å²) in [6.07, 6.45) is 0.797. The first kappa shape index (κ1) is 12.6. The molecule has 5 heteroatoms. The van der Waals surface area contributed by atoms with Gasteiger partial charge in [0.1, 0.15) is 5.82 Å². The summed E-state index contributed by atoms with van der Waals surface area (Å²) in [6.45, 7) is 2.05. The van der Waals surface area contributed by atoms with Crippen molar-refractivity contribution in [2.75, 3.05) is 0 Å². The second kappa shape index (κ2) is 4.78. The number of aliphatic carboxylic acids is 1. The van der Waals surface area contributed by atoms with Crippen LogP contribution >= 0.6 is 0 Å². The van der Waals surface area contributed by atoms with Crippen molar-refractivity contribution in [2.45, 2.75) is 25.8 Å². The maximum Gasteiger partial charge on any atom is 0.305 e. The van der Waals surface area contributed by atoms with Crippen LogP contribution in [-0.4, -0.2) is 20.6 Å². The highest BCUT2D eigenvalue weighted by Gasteiger charge is 2.13. The molecule has 0 spiro atoms. The molecule has 18 heavy (non-hydrogen) atoms. The highest BCUT2D eigenvalue weighted by Crippen LogP contribution is 2.21. The maximum atomic E-state index is 10.7. The zero-order valence-electron chi connectivity index (χ0n) is 10.6. The lowest BCUT2D eigenvalue weighted by Gasteiger charge is -2.09. The standard InChI is InChI=1S/C13H17N3O2/c1-3-12-15-10-5-4-8(6-11(10)16(12)2)9(14)7-13(17)18/h4-6,9H,3,7,14H2,1-2H3,(H,17,18). The number of aromatic nitrogens is 2. The molecule has 1 atom stereocenters. The minimum absolute atomic E-state index is 0.0655. The van der Waals surface area contributed by atoms with Gasteiger partial charge in [0.2, 0.25) is 0 Å². The van der Waals surface area contributed by atoms with Crippen molar-refractivity contribution in [2.24, 2.45) is 12.8 Å². The summed E-state index contributed by atoms with van der Waals surface area (Å²) in [5, 5.41) is 8.76. The summed E-state index contributed by atoms with van der Waals surface area (Å²) in [5.41, 5.74) is 8.60. The van der Waals surface area contributed by atoms with Crippen molar-refractivity contribution >= 4 is 17.0 Å². The normalized spacial score (nSPS) is 12.8. The third-order valence-corrected chi connectivity index (χ3v) is 3.14. The van der Waals surface area contributed by atoms with Gasteiger partial charge in [-0.25, -0.2) is 4.98 Å². The third-order valence-electron chi connectivity index (χ3n) is 3.14. The molecule has 1 heterocycles. The van der Waals surface area contributed by atoms with Crippen LogP contribution in [0.4, 0.5) is 0 Å². The van der Waals surface area contributed by atoms with Gasteiger partial charge in [-0.05, 0) is 17.7 Å². The zero-order chi connectivity index (χ0) is 13.3. The van der Waals surface area contributed by atoms with Gasteiger partial charge >= 0.3 is 5.97 Å². The number of carbonyl (C=O) groups is 1. The van der Waals surface area contributed by atoms with Gasteiger partial charge < -0.3 is 15.4 Å². The lowest BCUT2D eigenvalue weighted by atomic mass is 10.0. The molecule has 0 bridgehead atoms. The van der Waals surface area contributed by atoms with E-state index in [0.717, 1.165) is 28.8 Å². The Hall–Kier alpha value is -1.88. The number of hydrogen-bond acceptors (Lipinski definition) is 3. The SMILES string of the molecule is CCc1nc2ccc(C(N)CC(=O)O)cc2n1C. The summed E-state index contributed by atoms with van der Waals surface area (Å²) in [6, 6.07) is 5.19. The monoisotopic (exact) mass is 247 g/mol. The Kier molecular flexibility index (Phi) is 3.34. The van der Waals surface area contributed by atoms with Crippen LogP contribution in [-0.2, 0) is 18.3 Å². The van der Waals surface area contributed by atoms with Crippen LogP contribution in [0.5, 0.6) is 0 Å². The number of nitrogens with two attached hydrogens (primary N) is 1. The number of aryl methyl sites for hydroxylation is 2. The Bertz CT molecular complexity index is 589.